The summed E-state index contributed by atoms with van der Waals surface area (Å²) in [7, 11) is 0. The molecule has 88 valence electrons. The van der Waals surface area contributed by atoms with Gasteiger partial charge in [-0.15, -0.1) is 5.46 Å². The van der Waals surface area contributed by atoms with Crippen LogP contribution >= 0.6 is 0 Å². The molecule has 0 heterocycles. The topological polar surface area (TPSA) is 29.1 Å². The second-order valence-electron chi connectivity index (χ2n) is 3.49. The van der Waals surface area contributed by atoms with Gasteiger partial charge in [-0.2, -0.15) is 0 Å². The van der Waals surface area contributed by atoms with Crippen LogP contribution in [0.1, 0.15) is 19.8 Å². The van der Waals surface area contributed by atoms with E-state index in [4.69, 9.17) is 0 Å². The number of anilines is 1. The molecule has 0 aromatic heterocycles. The molecular weight excluding hydrogens is 218 g/mol. The zero-order valence-corrected chi connectivity index (χ0v) is 8.84. The Kier molecular flexibility index (Phi) is 3.98. The SMILES string of the molecule is CCCC(=O)Nc1ccc([B-](F)(F)F)cc1. The van der Waals surface area contributed by atoms with E-state index in [-0.39, 0.29) is 5.91 Å². The third-order valence-corrected chi connectivity index (χ3v) is 2.05. The van der Waals surface area contributed by atoms with Gasteiger partial charge in [-0.1, -0.05) is 19.1 Å². The molecule has 1 aromatic carbocycles. The number of carbonyl (C=O) groups is 1. The van der Waals surface area contributed by atoms with Gasteiger partial charge in [0.25, 0.3) is 0 Å². The average Bonchev–Trinajstić information content (AvgIpc) is 2.17. The summed E-state index contributed by atoms with van der Waals surface area (Å²) in [6, 6.07) is 4.47. The van der Waals surface area contributed by atoms with Crippen LogP contribution in [-0.4, -0.2) is 12.9 Å². The maximum absolute atomic E-state index is 12.3. The fourth-order valence-corrected chi connectivity index (χ4v) is 1.24. The first-order chi connectivity index (χ1) is 7.43. The molecule has 6 heteroatoms. The minimum atomic E-state index is -4.96. The second-order valence-corrected chi connectivity index (χ2v) is 3.49. The summed E-state index contributed by atoms with van der Waals surface area (Å²) in [6.07, 6.45) is 1.07. The lowest BCUT2D eigenvalue weighted by molar-refractivity contribution is -0.116. The average molecular weight is 230 g/mol. The molecule has 1 N–H and O–H groups in total. The predicted octanol–water partition coefficient (Wildman–Crippen LogP) is 2.48. The van der Waals surface area contributed by atoms with Crippen molar-refractivity contribution in [1.29, 1.82) is 0 Å². The lowest BCUT2D eigenvalue weighted by atomic mass is 9.80. The van der Waals surface area contributed by atoms with E-state index in [2.05, 4.69) is 5.32 Å². The molecule has 0 saturated heterocycles. The third kappa shape index (κ3) is 3.60. The van der Waals surface area contributed by atoms with Crippen molar-refractivity contribution in [2.45, 2.75) is 19.8 Å². The highest BCUT2D eigenvalue weighted by atomic mass is 19.4. The van der Waals surface area contributed by atoms with Crippen LogP contribution in [0.25, 0.3) is 0 Å². The minimum Gasteiger partial charge on any atom is -0.445 e. The van der Waals surface area contributed by atoms with Crippen LogP contribution in [0.5, 0.6) is 0 Å². The van der Waals surface area contributed by atoms with Crippen LogP contribution in [0, 0.1) is 0 Å². The predicted molar refractivity (Wildman–Crippen MR) is 58.7 cm³/mol. The molecule has 0 aliphatic heterocycles. The molecule has 0 bridgehead atoms. The Morgan fingerprint density at radius 3 is 2.25 bits per heavy atom. The molecule has 2 nitrogen and oxygen atoms in total. The highest BCUT2D eigenvalue weighted by molar-refractivity contribution is 6.73. The van der Waals surface area contributed by atoms with Crippen molar-refractivity contribution in [2.75, 3.05) is 5.32 Å². The first kappa shape index (κ1) is 12.6. The highest BCUT2D eigenvalue weighted by Crippen LogP contribution is 2.12. The summed E-state index contributed by atoms with van der Waals surface area (Å²) in [5.41, 5.74) is -0.268. The van der Waals surface area contributed by atoms with Crippen molar-refractivity contribution >= 4 is 24.0 Å². The zero-order valence-electron chi connectivity index (χ0n) is 8.84. The first-order valence-corrected chi connectivity index (χ1v) is 5.03. The van der Waals surface area contributed by atoms with Crippen molar-refractivity contribution in [2.24, 2.45) is 0 Å². The molecule has 1 amide bonds. The van der Waals surface area contributed by atoms with Gasteiger partial charge in [0, 0.05) is 12.1 Å². The van der Waals surface area contributed by atoms with E-state index in [0.717, 1.165) is 12.1 Å². The largest absolute Gasteiger partial charge is 0.509 e. The van der Waals surface area contributed by atoms with Gasteiger partial charge in [0.15, 0.2) is 0 Å². The number of carbonyl (C=O) groups excluding carboxylic acids is 1. The van der Waals surface area contributed by atoms with Crippen molar-refractivity contribution in [1.82, 2.24) is 0 Å². The molecular formula is C10H12BF3NO-. The van der Waals surface area contributed by atoms with E-state index < -0.39 is 12.4 Å². The van der Waals surface area contributed by atoms with Gasteiger partial charge in [0.2, 0.25) is 5.91 Å². The zero-order chi connectivity index (χ0) is 12.2. The molecule has 0 atom stereocenters. The van der Waals surface area contributed by atoms with Crippen LogP contribution in [-0.2, 0) is 4.79 Å². The Morgan fingerprint density at radius 1 is 1.25 bits per heavy atom. The smallest absolute Gasteiger partial charge is 0.445 e. The number of benzene rings is 1. The van der Waals surface area contributed by atoms with E-state index >= 15 is 0 Å². The van der Waals surface area contributed by atoms with Gasteiger partial charge in [0.1, 0.15) is 0 Å². The number of halogens is 3. The molecule has 0 aliphatic carbocycles. The number of nitrogens with one attached hydrogen (secondary N) is 1. The van der Waals surface area contributed by atoms with Gasteiger partial charge in [-0.3, -0.25) is 4.79 Å². The van der Waals surface area contributed by atoms with E-state index in [9.17, 15) is 17.7 Å². The number of rotatable bonds is 4. The standard InChI is InChI=1S/C10H12BF3NO/c1-2-3-10(16)15-9-6-4-8(5-7-9)11(12,13)14/h4-7H,2-3H2,1H3,(H,15,16)/q-1. The Morgan fingerprint density at radius 2 is 1.81 bits per heavy atom. The lowest BCUT2D eigenvalue weighted by Crippen LogP contribution is -2.33. The molecule has 1 aromatic rings. The summed E-state index contributed by atoms with van der Waals surface area (Å²) < 4.78 is 36.8. The molecule has 0 saturated carbocycles. The Labute approximate surface area is 91.9 Å². The number of amides is 1. The summed E-state index contributed by atoms with van der Waals surface area (Å²) >= 11 is 0. The maximum Gasteiger partial charge on any atom is 0.509 e. The molecule has 0 fully saturated rings. The van der Waals surface area contributed by atoms with Crippen LogP contribution in [0.3, 0.4) is 0 Å². The molecule has 0 radical (unpaired) electrons. The van der Waals surface area contributed by atoms with Gasteiger partial charge < -0.3 is 18.3 Å². The minimum absolute atomic E-state index is 0.187. The summed E-state index contributed by atoms with van der Waals surface area (Å²) in [5.74, 6) is -0.187. The number of hydrogen-bond acceptors (Lipinski definition) is 1. The van der Waals surface area contributed by atoms with Crippen LogP contribution in [0.2, 0.25) is 0 Å². The van der Waals surface area contributed by atoms with E-state index in [1.165, 1.54) is 12.1 Å². The fraction of sp³-hybridized carbons (Fsp3) is 0.300. The molecule has 0 spiro atoms. The van der Waals surface area contributed by atoms with Gasteiger partial charge in [-0.05, 0) is 18.6 Å². The maximum atomic E-state index is 12.3. The van der Waals surface area contributed by atoms with E-state index in [1.807, 2.05) is 6.92 Å². The van der Waals surface area contributed by atoms with E-state index in [1.54, 1.807) is 0 Å². The Hall–Kier alpha value is -1.46. The first-order valence-electron chi connectivity index (χ1n) is 5.03. The summed E-state index contributed by atoms with van der Waals surface area (Å²) in [6.45, 7) is -3.11. The van der Waals surface area contributed by atoms with Crippen LogP contribution in [0.15, 0.2) is 24.3 Å². The van der Waals surface area contributed by atoms with Crippen molar-refractivity contribution in [3.63, 3.8) is 0 Å². The van der Waals surface area contributed by atoms with Crippen LogP contribution < -0.4 is 10.8 Å². The quantitative estimate of drug-likeness (QED) is 0.791. The van der Waals surface area contributed by atoms with Gasteiger partial charge in [0.05, 0.1) is 0 Å². The van der Waals surface area contributed by atoms with Gasteiger partial charge in [-0.25, -0.2) is 0 Å². The number of hydrogen-bond donors (Lipinski definition) is 1. The molecule has 1 rings (SSSR count). The normalized spacial score (nSPS) is 11.2. The monoisotopic (exact) mass is 230 g/mol. The molecule has 16 heavy (non-hydrogen) atoms. The van der Waals surface area contributed by atoms with Crippen molar-refractivity contribution < 1.29 is 17.7 Å². The van der Waals surface area contributed by atoms with Crippen molar-refractivity contribution in [3.8, 4) is 0 Å². The van der Waals surface area contributed by atoms with Gasteiger partial charge >= 0.3 is 6.98 Å². The Balaban J connectivity index is 2.69. The fourth-order valence-electron chi connectivity index (χ4n) is 1.24. The highest BCUT2D eigenvalue weighted by Gasteiger charge is 2.24. The lowest BCUT2D eigenvalue weighted by Gasteiger charge is -2.15. The Bertz CT molecular complexity index is 361. The molecule has 0 aliphatic rings. The third-order valence-electron chi connectivity index (χ3n) is 2.05. The van der Waals surface area contributed by atoms with Crippen LogP contribution in [0.4, 0.5) is 18.6 Å². The second kappa shape index (κ2) is 5.05. The summed E-state index contributed by atoms with van der Waals surface area (Å²) in [5, 5.41) is 2.52. The van der Waals surface area contributed by atoms with Crippen molar-refractivity contribution in [3.05, 3.63) is 24.3 Å². The molecule has 0 unspecified atom stereocenters. The summed E-state index contributed by atoms with van der Waals surface area (Å²) in [4.78, 5) is 11.2. The van der Waals surface area contributed by atoms with E-state index in [0.29, 0.717) is 18.5 Å².